The maximum atomic E-state index is 12.3. The Labute approximate surface area is 134 Å². The summed E-state index contributed by atoms with van der Waals surface area (Å²) in [5.41, 5.74) is 0. The SMILES string of the molecule is CCOC(=O)CN(C[C@@H]1CCCO1)C(=O)/C=C/c1cccs1. The van der Waals surface area contributed by atoms with Crippen molar-refractivity contribution in [3.63, 3.8) is 0 Å². The molecule has 1 aliphatic heterocycles. The molecule has 0 radical (unpaired) electrons. The van der Waals surface area contributed by atoms with E-state index in [0.717, 1.165) is 24.3 Å². The average molecular weight is 323 g/mol. The van der Waals surface area contributed by atoms with Gasteiger partial charge in [0.2, 0.25) is 5.91 Å². The predicted molar refractivity (Wildman–Crippen MR) is 85.5 cm³/mol. The molecule has 6 heteroatoms. The van der Waals surface area contributed by atoms with Crippen molar-refractivity contribution in [2.75, 3.05) is 26.3 Å². The molecule has 1 aromatic rings. The van der Waals surface area contributed by atoms with Crippen molar-refractivity contribution in [1.82, 2.24) is 4.90 Å². The molecule has 1 amide bonds. The second-order valence-electron chi connectivity index (χ2n) is 5.01. The highest BCUT2D eigenvalue weighted by atomic mass is 32.1. The molecule has 0 N–H and O–H groups in total. The summed E-state index contributed by atoms with van der Waals surface area (Å²) in [5, 5.41) is 1.95. The molecule has 0 saturated carbocycles. The van der Waals surface area contributed by atoms with Crippen LogP contribution in [0.3, 0.4) is 0 Å². The number of ether oxygens (including phenoxy) is 2. The minimum atomic E-state index is -0.390. The zero-order chi connectivity index (χ0) is 15.8. The van der Waals surface area contributed by atoms with Crippen LogP contribution >= 0.6 is 11.3 Å². The van der Waals surface area contributed by atoms with Gasteiger partial charge in [0.1, 0.15) is 6.54 Å². The van der Waals surface area contributed by atoms with Crippen LogP contribution in [0.5, 0.6) is 0 Å². The highest BCUT2D eigenvalue weighted by molar-refractivity contribution is 7.10. The third-order valence-corrected chi connectivity index (χ3v) is 4.16. The number of nitrogens with zero attached hydrogens (tertiary/aromatic N) is 1. The van der Waals surface area contributed by atoms with Crippen LogP contribution < -0.4 is 0 Å². The number of carbonyl (C=O) groups excluding carboxylic acids is 2. The van der Waals surface area contributed by atoms with E-state index in [1.165, 1.54) is 11.0 Å². The fraction of sp³-hybridized carbons (Fsp3) is 0.500. The van der Waals surface area contributed by atoms with Crippen LogP contribution in [-0.4, -0.2) is 49.2 Å². The zero-order valence-electron chi connectivity index (χ0n) is 12.7. The van der Waals surface area contributed by atoms with E-state index in [-0.39, 0.29) is 18.6 Å². The topological polar surface area (TPSA) is 55.8 Å². The summed E-state index contributed by atoms with van der Waals surface area (Å²) in [6.07, 6.45) is 5.19. The first-order valence-electron chi connectivity index (χ1n) is 7.46. The Balaban J connectivity index is 1.97. The Morgan fingerprint density at radius 3 is 3.05 bits per heavy atom. The van der Waals surface area contributed by atoms with E-state index in [9.17, 15) is 9.59 Å². The van der Waals surface area contributed by atoms with E-state index < -0.39 is 5.97 Å². The molecule has 0 aliphatic carbocycles. The third-order valence-electron chi connectivity index (χ3n) is 3.32. The molecule has 0 aromatic carbocycles. The smallest absolute Gasteiger partial charge is 0.325 e. The second-order valence-corrected chi connectivity index (χ2v) is 5.99. The van der Waals surface area contributed by atoms with Gasteiger partial charge in [-0.25, -0.2) is 0 Å². The first-order chi connectivity index (χ1) is 10.7. The Kier molecular flexibility index (Phi) is 6.61. The van der Waals surface area contributed by atoms with Crippen molar-refractivity contribution < 1.29 is 19.1 Å². The molecule has 1 fully saturated rings. The number of hydrogen-bond donors (Lipinski definition) is 0. The maximum Gasteiger partial charge on any atom is 0.325 e. The Hall–Kier alpha value is -1.66. The van der Waals surface area contributed by atoms with E-state index in [4.69, 9.17) is 9.47 Å². The van der Waals surface area contributed by atoms with Crippen molar-refractivity contribution in [2.45, 2.75) is 25.9 Å². The fourth-order valence-electron chi connectivity index (χ4n) is 2.27. The van der Waals surface area contributed by atoms with E-state index >= 15 is 0 Å². The largest absolute Gasteiger partial charge is 0.465 e. The lowest BCUT2D eigenvalue weighted by Crippen LogP contribution is -2.40. The Morgan fingerprint density at radius 2 is 2.41 bits per heavy atom. The quantitative estimate of drug-likeness (QED) is 0.571. The maximum absolute atomic E-state index is 12.3. The van der Waals surface area contributed by atoms with Gasteiger partial charge in [-0.05, 0) is 37.3 Å². The third kappa shape index (κ3) is 5.27. The summed E-state index contributed by atoms with van der Waals surface area (Å²) in [6.45, 7) is 3.16. The molecule has 120 valence electrons. The molecule has 2 rings (SSSR count). The normalized spacial score (nSPS) is 17.8. The number of thiophene rings is 1. The van der Waals surface area contributed by atoms with Crippen molar-refractivity contribution in [3.8, 4) is 0 Å². The first-order valence-corrected chi connectivity index (χ1v) is 8.34. The lowest BCUT2D eigenvalue weighted by atomic mass is 10.2. The van der Waals surface area contributed by atoms with Crippen LogP contribution in [0, 0.1) is 0 Å². The van der Waals surface area contributed by atoms with E-state index in [1.54, 1.807) is 24.3 Å². The summed E-state index contributed by atoms with van der Waals surface area (Å²) in [6, 6.07) is 3.86. The van der Waals surface area contributed by atoms with Crippen LogP contribution in [0.25, 0.3) is 6.08 Å². The number of esters is 1. The highest BCUT2D eigenvalue weighted by Crippen LogP contribution is 2.15. The Morgan fingerprint density at radius 1 is 1.55 bits per heavy atom. The van der Waals surface area contributed by atoms with Gasteiger partial charge in [-0.15, -0.1) is 11.3 Å². The molecule has 2 heterocycles. The van der Waals surface area contributed by atoms with Crippen molar-refractivity contribution in [1.29, 1.82) is 0 Å². The summed E-state index contributed by atoms with van der Waals surface area (Å²) in [4.78, 5) is 26.5. The van der Waals surface area contributed by atoms with Crippen molar-refractivity contribution in [3.05, 3.63) is 28.5 Å². The first kappa shape index (κ1) is 16.7. The van der Waals surface area contributed by atoms with E-state index in [2.05, 4.69) is 0 Å². The minimum Gasteiger partial charge on any atom is -0.465 e. The van der Waals surface area contributed by atoms with Crippen molar-refractivity contribution in [2.24, 2.45) is 0 Å². The summed E-state index contributed by atoms with van der Waals surface area (Å²) < 4.78 is 10.5. The van der Waals surface area contributed by atoms with Gasteiger partial charge in [0.15, 0.2) is 0 Å². The summed E-state index contributed by atoms with van der Waals surface area (Å²) >= 11 is 1.56. The highest BCUT2D eigenvalue weighted by Gasteiger charge is 2.23. The van der Waals surface area contributed by atoms with Gasteiger partial charge in [0.05, 0.1) is 12.7 Å². The molecular weight excluding hydrogens is 302 g/mol. The van der Waals surface area contributed by atoms with Crippen molar-refractivity contribution >= 4 is 29.3 Å². The molecule has 1 atom stereocenters. The van der Waals surface area contributed by atoms with Gasteiger partial charge < -0.3 is 14.4 Å². The van der Waals surface area contributed by atoms with Crippen LogP contribution in [0.4, 0.5) is 0 Å². The van der Waals surface area contributed by atoms with Gasteiger partial charge >= 0.3 is 5.97 Å². The number of rotatable bonds is 7. The van der Waals surface area contributed by atoms with Gasteiger partial charge in [0.25, 0.3) is 0 Å². The van der Waals surface area contributed by atoms with Crippen LogP contribution in [0.1, 0.15) is 24.6 Å². The summed E-state index contributed by atoms with van der Waals surface area (Å²) in [7, 11) is 0. The molecule has 5 nitrogen and oxygen atoms in total. The number of carbonyl (C=O) groups is 2. The molecule has 22 heavy (non-hydrogen) atoms. The van der Waals surface area contributed by atoms with Gasteiger partial charge in [-0.3, -0.25) is 9.59 Å². The van der Waals surface area contributed by atoms with Crippen LogP contribution in [0.2, 0.25) is 0 Å². The number of amides is 1. The van der Waals surface area contributed by atoms with E-state index in [1.807, 2.05) is 17.5 Å². The lowest BCUT2D eigenvalue weighted by molar-refractivity contribution is -0.148. The Bertz CT molecular complexity index is 506. The van der Waals surface area contributed by atoms with Crippen LogP contribution in [-0.2, 0) is 19.1 Å². The average Bonchev–Trinajstić information content (AvgIpc) is 3.17. The fourth-order valence-corrected chi connectivity index (χ4v) is 2.89. The summed E-state index contributed by atoms with van der Waals surface area (Å²) in [5.74, 6) is -0.588. The molecule has 1 saturated heterocycles. The van der Waals surface area contributed by atoms with Gasteiger partial charge in [0, 0.05) is 24.1 Å². The molecule has 0 spiro atoms. The predicted octanol–water partition coefficient (Wildman–Crippen LogP) is 2.33. The molecular formula is C16H21NO4S. The van der Waals surface area contributed by atoms with Gasteiger partial charge in [-0.1, -0.05) is 6.07 Å². The monoisotopic (exact) mass is 323 g/mol. The van der Waals surface area contributed by atoms with Crippen LogP contribution in [0.15, 0.2) is 23.6 Å². The molecule has 1 aromatic heterocycles. The second kappa shape index (κ2) is 8.70. The van der Waals surface area contributed by atoms with Gasteiger partial charge in [-0.2, -0.15) is 0 Å². The zero-order valence-corrected chi connectivity index (χ0v) is 13.5. The number of hydrogen-bond acceptors (Lipinski definition) is 5. The molecule has 1 aliphatic rings. The molecule has 0 bridgehead atoms. The van der Waals surface area contributed by atoms with E-state index in [0.29, 0.717) is 13.2 Å². The minimum absolute atomic E-state index is 0.00788. The molecule has 0 unspecified atom stereocenters. The standard InChI is InChI=1S/C16H21NO4S/c1-2-20-16(19)12-17(11-13-5-3-9-21-13)15(18)8-7-14-6-4-10-22-14/h4,6-8,10,13H,2-3,5,9,11-12H2,1H3/b8-7+/t13-/m0/s1. The lowest BCUT2D eigenvalue weighted by Gasteiger charge is -2.23.